The third-order valence-electron chi connectivity index (χ3n) is 11.0. The molecule has 0 aromatic heterocycles. The Morgan fingerprint density at radius 1 is 0.756 bits per heavy atom. The third-order valence-corrected chi connectivity index (χ3v) is 11.0. The van der Waals surface area contributed by atoms with Crippen molar-refractivity contribution in [2.45, 2.75) is 143 Å². The van der Waals surface area contributed by atoms with Crippen LogP contribution in [0.4, 0.5) is 0 Å². The number of epoxide rings is 1. The first-order valence-electron chi connectivity index (χ1n) is 17.6. The molecule has 256 valence electrons. The fourth-order valence-electron chi connectivity index (χ4n) is 8.49. The number of ether oxygens (including phenoxy) is 1. The summed E-state index contributed by atoms with van der Waals surface area (Å²) in [6.45, 7) is 19.4. The standard InChI is InChI=1S/C40H66O5/c1-29(16-12-17-31(3)20-21-35-36(4,5)24-33(42)26-38(35,8)44)14-10-11-15-30(2)18-13-19-32(28-41)22-23-40-37(6,7)25-34(43)27-39(40,9)45-40/h10,12-14,17-18,20-23,29-35,41-44H,11,15-16,19,24-28H2,1-9H3/b14-10+,17-12+,18-13+,21-20?,23-22+/t29?,30?,31?,32?,33-,34-,35?,38+,39+,40-/m0/s1. The van der Waals surface area contributed by atoms with Crippen LogP contribution in [0.25, 0.3) is 0 Å². The van der Waals surface area contributed by atoms with Crippen molar-refractivity contribution in [1.29, 1.82) is 0 Å². The van der Waals surface area contributed by atoms with E-state index in [1.54, 1.807) is 0 Å². The van der Waals surface area contributed by atoms with Gasteiger partial charge in [0.1, 0.15) is 11.2 Å². The van der Waals surface area contributed by atoms with Gasteiger partial charge in [-0.05, 0) is 75.5 Å². The third kappa shape index (κ3) is 9.76. The molecule has 1 heterocycles. The van der Waals surface area contributed by atoms with Crippen LogP contribution < -0.4 is 0 Å². The molecule has 1 saturated heterocycles. The summed E-state index contributed by atoms with van der Waals surface area (Å²) in [6.07, 6.45) is 28.0. The Hall–Kier alpha value is -1.50. The summed E-state index contributed by atoms with van der Waals surface area (Å²) in [5.41, 5.74) is -1.83. The topological polar surface area (TPSA) is 93.5 Å². The highest BCUT2D eigenvalue weighted by Gasteiger charge is 2.74. The van der Waals surface area contributed by atoms with Gasteiger partial charge in [0, 0.05) is 36.7 Å². The normalized spacial score (nSPS) is 37.5. The van der Waals surface area contributed by atoms with E-state index in [-0.39, 0.29) is 46.6 Å². The van der Waals surface area contributed by atoms with Crippen molar-refractivity contribution in [3.63, 3.8) is 0 Å². The quantitative estimate of drug-likeness (QED) is 0.109. The van der Waals surface area contributed by atoms with Crippen molar-refractivity contribution in [3.8, 4) is 0 Å². The van der Waals surface area contributed by atoms with Crippen molar-refractivity contribution in [3.05, 3.63) is 60.8 Å². The van der Waals surface area contributed by atoms with E-state index in [0.29, 0.717) is 37.0 Å². The fourth-order valence-corrected chi connectivity index (χ4v) is 8.49. The summed E-state index contributed by atoms with van der Waals surface area (Å²) >= 11 is 0. The summed E-state index contributed by atoms with van der Waals surface area (Å²) in [4.78, 5) is 0. The van der Waals surface area contributed by atoms with Crippen LogP contribution in [0.2, 0.25) is 0 Å². The van der Waals surface area contributed by atoms with Gasteiger partial charge in [-0.3, -0.25) is 0 Å². The van der Waals surface area contributed by atoms with Crippen molar-refractivity contribution in [2.75, 3.05) is 6.61 Å². The molecule has 0 bridgehead atoms. The summed E-state index contributed by atoms with van der Waals surface area (Å²) in [5, 5.41) is 41.4. The largest absolute Gasteiger partial charge is 0.396 e. The Kier molecular flexibility index (Phi) is 12.8. The van der Waals surface area contributed by atoms with E-state index < -0.39 is 11.7 Å². The van der Waals surface area contributed by atoms with Crippen molar-refractivity contribution >= 4 is 0 Å². The lowest BCUT2D eigenvalue weighted by molar-refractivity contribution is -0.111. The fraction of sp³-hybridized carbons (Fsp3) is 0.750. The molecule has 3 aliphatic rings. The number of rotatable bonds is 15. The first-order valence-corrected chi connectivity index (χ1v) is 17.6. The molecule has 45 heavy (non-hydrogen) atoms. The Morgan fingerprint density at radius 2 is 1.40 bits per heavy atom. The van der Waals surface area contributed by atoms with Crippen molar-refractivity contribution in [1.82, 2.24) is 0 Å². The van der Waals surface area contributed by atoms with Crippen LogP contribution in [0.1, 0.15) is 114 Å². The van der Waals surface area contributed by atoms with Gasteiger partial charge in [-0.1, -0.05) is 109 Å². The minimum absolute atomic E-state index is 0.0239. The average Bonchev–Trinajstić information content (AvgIpc) is 3.52. The van der Waals surface area contributed by atoms with Crippen LogP contribution in [-0.2, 0) is 4.74 Å². The lowest BCUT2D eigenvalue weighted by atomic mass is 9.61. The first kappa shape index (κ1) is 38.0. The molecule has 1 aliphatic heterocycles. The van der Waals surface area contributed by atoms with E-state index in [1.165, 1.54) is 0 Å². The molecule has 2 saturated carbocycles. The molecule has 0 spiro atoms. The number of aliphatic hydroxyl groups is 4. The Bertz CT molecular complexity index is 1080. The van der Waals surface area contributed by atoms with Gasteiger partial charge in [0.15, 0.2) is 0 Å². The zero-order chi connectivity index (χ0) is 33.7. The SMILES string of the molecule is CC(C=CC1C(C)(C)C[C@H](O)C[C@@]1(C)O)/C=C/CC(C)/C=C/CCC(C)/C=C/CC(/C=C/[C@@]12O[C@]1(C)C[C@@H](O)CC2(C)C)CO. The lowest BCUT2D eigenvalue weighted by Crippen LogP contribution is -2.50. The number of allylic oxidation sites excluding steroid dienone is 7. The molecule has 3 rings (SSSR count). The van der Waals surface area contributed by atoms with Gasteiger partial charge in [0.05, 0.1) is 17.8 Å². The van der Waals surface area contributed by atoms with E-state index in [0.717, 1.165) is 32.1 Å². The predicted molar refractivity (Wildman–Crippen MR) is 187 cm³/mol. The number of hydrogen-bond donors (Lipinski definition) is 4. The highest BCUT2D eigenvalue weighted by molar-refractivity contribution is 5.32. The van der Waals surface area contributed by atoms with E-state index in [4.69, 9.17) is 4.74 Å². The van der Waals surface area contributed by atoms with Gasteiger partial charge < -0.3 is 25.2 Å². The molecule has 5 heteroatoms. The Morgan fingerprint density at radius 3 is 2.04 bits per heavy atom. The molecule has 5 unspecified atom stereocenters. The Balaban J connectivity index is 1.36. The highest BCUT2D eigenvalue weighted by atomic mass is 16.6. The van der Waals surface area contributed by atoms with Gasteiger partial charge in [-0.25, -0.2) is 0 Å². The highest BCUT2D eigenvalue weighted by Crippen LogP contribution is 2.66. The molecule has 3 fully saturated rings. The second-order valence-corrected chi connectivity index (χ2v) is 16.7. The molecule has 0 amide bonds. The zero-order valence-electron chi connectivity index (χ0n) is 29.9. The second-order valence-electron chi connectivity index (χ2n) is 16.7. The van der Waals surface area contributed by atoms with E-state index in [9.17, 15) is 20.4 Å². The van der Waals surface area contributed by atoms with Crippen molar-refractivity contribution < 1.29 is 25.2 Å². The van der Waals surface area contributed by atoms with Crippen LogP contribution in [0, 0.1) is 40.4 Å². The summed E-state index contributed by atoms with van der Waals surface area (Å²) in [7, 11) is 0. The smallest absolute Gasteiger partial charge is 0.121 e. The molecule has 0 aromatic carbocycles. The molecule has 4 N–H and O–H groups in total. The van der Waals surface area contributed by atoms with E-state index in [1.807, 2.05) is 6.92 Å². The van der Waals surface area contributed by atoms with Crippen LogP contribution in [0.5, 0.6) is 0 Å². The lowest BCUT2D eigenvalue weighted by Gasteiger charge is -2.48. The maximum atomic E-state index is 10.9. The second kappa shape index (κ2) is 15.2. The van der Waals surface area contributed by atoms with Gasteiger partial charge in [-0.15, -0.1) is 0 Å². The van der Waals surface area contributed by atoms with Gasteiger partial charge in [0.2, 0.25) is 0 Å². The Labute approximate surface area is 275 Å². The summed E-state index contributed by atoms with van der Waals surface area (Å²) in [5.74, 6) is 1.34. The molecular weight excluding hydrogens is 560 g/mol. The molecule has 5 nitrogen and oxygen atoms in total. The summed E-state index contributed by atoms with van der Waals surface area (Å²) < 4.78 is 6.25. The summed E-state index contributed by atoms with van der Waals surface area (Å²) in [6, 6.07) is 0. The number of hydrogen-bond acceptors (Lipinski definition) is 5. The van der Waals surface area contributed by atoms with Crippen LogP contribution in [-0.4, -0.2) is 56.0 Å². The van der Waals surface area contributed by atoms with E-state index >= 15 is 0 Å². The van der Waals surface area contributed by atoms with Gasteiger partial charge in [-0.2, -0.15) is 0 Å². The van der Waals surface area contributed by atoms with Crippen LogP contribution in [0.15, 0.2) is 60.8 Å². The van der Waals surface area contributed by atoms with Gasteiger partial charge >= 0.3 is 0 Å². The number of aliphatic hydroxyl groups excluding tert-OH is 3. The van der Waals surface area contributed by atoms with Crippen molar-refractivity contribution in [2.24, 2.45) is 40.4 Å². The predicted octanol–water partition coefficient (Wildman–Crippen LogP) is 8.10. The monoisotopic (exact) mass is 626 g/mol. The minimum Gasteiger partial charge on any atom is -0.396 e. The molecule has 10 atom stereocenters. The molecule has 0 aromatic rings. The minimum atomic E-state index is -0.889. The molecule has 2 aliphatic carbocycles. The number of fused-ring (bicyclic) bond motifs is 1. The molecule has 0 radical (unpaired) electrons. The average molecular weight is 627 g/mol. The first-order chi connectivity index (χ1) is 20.9. The molecular formula is C40H66O5. The maximum absolute atomic E-state index is 10.9. The zero-order valence-corrected chi connectivity index (χ0v) is 29.9. The van der Waals surface area contributed by atoms with Crippen LogP contribution in [0.3, 0.4) is 0 Å². The van der Waals surface area contributed by atoms with E-state index in [2.05, 4.69) is 116 Å². The van der Waals surface area contributed by atoms with Crippen LogP contribution >= 0.6 is 0 Å². The van der Waals surface area contributed by atoms with Gasteiger partial charge in [0.25, 0.3) is 0 Å². The maximum Gasteiger partial charge on any atom is 0.121 e.